The molecule has 3 heterocycles. The largest absolute Gasteiger partial charge is 0.493 e. The molecule has 3 aromatic heterocycles. The lowest BCUT2D eigenvalue weighted by Gasteiger charge is -2.09. The van der Waals surface area contributed by atoms with Gasteiger partial charge >= 0.3 is 0 Å². The third-order valence-electron chi connectivity index (χ3n) is 6.37. The summed E-state index contributed by atoms with van der Waals surface area (Å²) in [6.07, 6.45) is 1.70. The van der Waals surface area contributed by atoms with Gasteiger partial charge in [-0.3, -0.25) is 0 Å². The summed E-state index contributed by atoms with van der Waals surface area (Å²) < 4.78 is 14.6. The number of oxime groups is 1. The minimum absolute atomic E-state index is 0.135. The minimum Gasteiger partial charge on any atom is -0.493 e. The Bertz CT molecular complexity index is 1570. The molecule has 0 radical (unpaired) electrons. The summed E-state index contributed by atoms with van der Waals surface area (Å²) in [6, 6.07) is 16.0. The van der Waals surface area contributed by atoms with Crippen molar-refractivity contribution in [1.29, 1.82) is 0 Å². The summed E-state index contributed by atoms with van der Waals surface area (Å²) in [5.41, 5.74) is 6.74. The number of rotatable bonds is 8. The molecule has 9 nitrogen and oxygen atoms in total. The van der Waals surface area contributed by atoms with Crippen molar-refractivity contribution in [2.24, 2.45) is 5.16 Å². The molecule has 5 rings (SSSR count). The van der Waals surface area contributed by atoms with E-state index in [4.69, 9.17) is 24.3 Å². The first kappa shape index (κ1) is 23.3. The van der Waals surface area contributed by atoms with Crippen LogP contribution in [-0.4, -0.2) is 44.1 Å². The van der Waals surface area contributed by atoms with Crippen LogP contribution in [0.15, 0.2) is 60.0 Å². The molecule has 36 heavy (non-hydrogen) atoms. The number of aromatic nitrogens is 5. The van der Waals surface area contributed by atoms with Crippen LogP contribution in [0.2, 0.25) is 0 Å². The highest BCUT2D eigenvalue weighted by molar-refractivity contribution is 5.99. The summed E-state index contributed by atoms with van der Waals surface area (Å²) in [7, 11) is 3.21. The quantitative estimate of drug-likeness (QED) is 0.234. The van der Waals surface area contributed by atoms with Gasteiger partial charge in [0.1, 0.15) is 12.0 Å². The zero-order valence-corrected chi connectivity index (χ0v) is 21.0. The van der Waals surface area contributed by atoms with Crippen LogP contribution in [0.3, 0.4) is 0 Å². The Kier molecular flexibility index (Phi) is 6.28. The van der Waals surface area contributed by atoms with Gasteiger partial charge in [0, 0.05) is 17.8 Å². The molecule has 0 N–H and O–H groups in total. The molecular weight excluding hydrogens is 456 g/mol. The molecule has 0 aliphatic heterocycles. The minimum atomic E-state index is 0.135. The number of aryl methyl sites for hydroxylation is 1. The van der Waals surface area contributed by atoms with Crippen LogP contribution in [0.25, 0.3) is 16.7 Å². The Morgan fingerprint density at radius 1 is 0.972 bits per heavy atom. The van der Waals surface area contributed by atoms with Crippen molar-refractivity contribution >= 4 is 22.4 Å². The van der Waals surface area contributed by atoms with E-state index in [1.54, 1.807) is 25.1 Å². The average molecular weight is 485 g/mol. The first-order valence-corrected chi connectivity index (χ1v) is 11.6. The van der Waals surface area contributed by atoms with E-state index >= 15 is 0 Å². The number of ether oxygens (including phenoxy) is 2. The lowest BCUT2D eigenvalue weighted by atomic mass is 10.1. The van der Waals surface area contributed by atoms with Crippen molar-refractivity contribution in [3.8, 4) is 11.5 Å². The van der Waals surface area contributed by atoms with Gasteiger partial charge in [0.2, 0.25) is 0 Å². The topological polar surface area (TPSA) is 88.1 Å². The fraction of sp³-hybridized carbons (Fsp3) is 0.259. The van der Waals surface area contributed by atoms with E-state index in [9.17, 15) is 0 Å². The van der Waals surface area contributed by atoms with Gasteiger partial charge in [0.05, 0.1) is 25.3 Å². The summed E-state index contributed by atoms with van der Waals surface area (Å²) in [6.45, 7) is 6.96. The second kappa shape index (κ2) is 9.69. The molecule has 2 aromatic carbocycles. The second-order valence-corrected chi connectivity index (χ2v) is 8.54. The van der Waals surface area contributed by atoms with E-state index in [0.29, 0.717) is 23.0 Å². The van der Waals surface area contributed by atoms with Crippen LogP contribution < -0.4 is 9.47 Å². The number of methoxy groups -OCH3 is 2. The van der Waals surface area contributed by atoms with Gasteiger partial charge in [-0.1, -0.05) is 35.5 Å². The van der Waals surface area contributed by atoms with Crippen LogP contribution in [0, 0.1) is 13.8 Å². The van der Waals surface area contributed by atoms with Crippen molar-refractivity contribution < 1.29 is 14.3 Å². The predicted octanol–water partition coefficient (Wildman–Crippen LogP) is 4.70. The van der Waals surface area contributed by atoms with Gasteiger partial charge in [0.15, 0.2) is 29.6 Å². The molecule has 0 saturated heterocycles. The molecule has 0 saturated carbocycles. The maximum absolute atomic E-state index is 5.60. The highest BCUT2D eigenvalue weighted by atomic mass is 16.6. The fourth-order valence-corrected chi connectivity index (χ4v) is 4.30. The number of hydrogen-bond donors (Lipinski definition) is 0. The van der Waals surface area contributed by atoms with Crippen molar-refractivity contribution in [3.63, 3.8) is 0 Å². The number of benzene rings is 2. The number of hydrogen-bond acceptors (Lipinski definition) is 7. The molecule has 0 atom stereocenters. The SMILES string of the molecule is COc1ccc(/C(C)=N/OCc2nc3c4c(C)c(C)n(Cc5ccccc5)c4ncn3n2)cc1OC. The van der Waals surface area contributed by atoms with Crippen molar-refractivity contribution in [1.82, 2.24) is 24.1 Å². The second-order valence-electron chi connectivity index (χ2n) is 8.54. The third kappa shape index (κ3) is 4.24. The lowest BCUT2D eigenvalue weighted by molar-refractivity contribution is 0.125. The monoisotopic (exact) mass is 484 g/mol. The molecule has 0 bridgehead atoms. The van der Waals surface area contributed by atoms with E-state index in [1.807, 2.05) is 31.2 Å². The van der Waals surface area contributed by atoms with E-state index in [2.05, 4.69) is 52.9 Å². The Morgan fingerprint density at radius 2 is 1.75 bits per heavy atom. The predicted molar refractivity (Wildman–Crippen MR) is 138 cm³/mol. The van der Waals surface area contributed by atoms with Crippen molar-refractivity contribution in [2.75, 3.05) is 14.2 Å². The summed E-state index contributed by atoms with van der Waals surface area (Å²) in [5.74, 6) is 1.82. The molecule has 184 valence electrons. The Hall–Kier alpha value is -4.40. The molecule has 0 aliphatic rings. The van der Waals surface area contributed by atoms with Crippen LogP contribution >= 0.6 is 0 Å². The fourth-order valence-electron chi connectivity index (χ4n) is 4.30. The molecule has 0 spiro atoms. The third-order valence-corrected chi connectivity index (χ3v) is 6.37. The zero-order valence-electron chi connectivity index (χ0n) is 21.0. The first-order valence-electron chi connectivity index (χ1n) is 11.6. The van der Waals surface area contributed by atoms with Gasteiger partial charge < -0.3 is 18.9 Å². The first-order chi connectivity index (χ1) is 17.5. The van der Waals surface area contributed by atoms with Gasteiger partial charge in [-0.15, -0.1) is 5.10 Å². The van der Waals surface area contributed by atoms with Crippen LogP contribution in [0.1, 0.15) is 35.1 Å². The lowest BCUT2D eigenvalue weighted by Crippen LogP contribution is -2.03. The van der Waals surface area contributed by atoms with Gasteiger partial charge in [-0.2, -0.15) is 0 Å². The highest BCUT2D eigenvalue weighted by Gasteiger charge is 2.18. The molecule has 0 unspecified atom stereocenters. The number of fused-ring (bicyclic) bond motifs is 3. The maximum Gasteiger partial charge on any atom is 0.192 e. The Labute approximate surface area is 209 Å². The molecular formula is C27H28N6O3. The smallest absolute Gasteiger partial charge is 0.192 e. The molecule has 5 aromatic rings. The Morgan fingerprint density at radius 3 is 2.50 bits per heavy atom. The van der Waals surface area contributed by atoms with Gasteiger partial charge in [-0.25, -0.2) is 14.5 Å². The maximum atomic E-state index is 5.60. The Balaban J connectivity index is 1.40. The van der Waals surface area contributed by atoms with E-state index < -0.39 is 0 Å². The van der Waals surface area contributed by atoms with Crippen LogP contribution in [-0.2, 0) is 18.0 Å². The number of nitrogens with zero attached hydrogens (tertiary/aromatic N) is 6. The molecule has 0 amide bonds. The molecule has 9 heteroatoms. The normalized spacial score (nSPS) is 11.9. The highest BCUT2D eigenvalue weighted by Crippen LogP contribution is 2.29. The molecule has 0 fully saturated rings. The van der Waals surface area contributed by atoms with E-state index in [0.717, 1.165) is 40.0 Å². The summed E-state index contributed by atoms with van der Waals surface area (Å²) >= 11 is 0. The van der Waals surface area contributed by atoms with E-state index in [-0.39, 0.29) is 6.61 Å². The van der Waals surface area contributed by atoms with Crippen molar-refractivity contribution in [3.05, 3.63) is 83.1 Å². The molecule has 0 aliphatic carbocycles. The van der Waals surface area contributed by atoms with Gasteiger partial charge in [0.25, 0.3) is 0 Å². The van der Waals surface area contributed by atoms with Crippen LogP contribution in [0.4, 0.5) is 0 Å². The zero-order chi connectivity index (χ0) is 25.2. The van der Waals surface area contributed by atoms with Crippen molar-refractivity contribution in [2.45, 2.75) is 33.9 Å². The standard InChI is InChI=1S/C27H28N6O3/c1-17-19(3)32(14-20-9-7-6-8-10-20)26-25(17)27-29-24(30-33(27)16-28-26)15-36-31-18(2)21-11-12-22(34-4)23(13-21)35-5/h6-13,16H,14-15H2,1-5H3/b31-18+. The summed E-state index contributed by atoms with van der Waals surface area (Å²) in [4.78, 5) is 15.1. The van der Waals surface area contributed by atoms with Crippen LogP contribution in [0.5, 0.6) is 11.5 Å². The average Bonchev–Trinajstić information content (AvgIpc) is 3.42. The van der Waals surface area contributed by atoms with Gasteiger partial charge in [-0.05, 0) is 50.1 Å². The van der Waals surface area contributed by atoms with E-state index in [1.165, 1.54) is 5.56 Å². The summed E-state index contributed by atoms with van der Waals surface area (Å²) in [5, 5.41) is 9.79.